The third kappa shape index (κ3) is 5.52. The fraction of sp³-hybridized carbons (Fsp3) is 0.320. The van der Waals surface area contributed by atoms with Crippen molar-refractivity contribution < 1.29 is 14.3 Å². The fourth-order valence-electron chi connectivity index (χ4n) is 3.80. The van der Waals surface area contributed by atoms with Crippen LogP contribution < -0.4 is 25.0 Å². The molecule has 0 aliphatic carbocycles. The molecule has 0 saturated carbocycles. The zero-order valence-corrected chi connectivity index (χ0v) is 19.2. The Morgan fingerprint density at radius 2 is 1.70 bits per heavy atom. The first-order chi connectivity index (χ1) is 16.1. The van der Waals surface area contributed by atoms with Crippen LogP contribution in [0.3, 0.4) is 0 Å². The lowest BCUT2D eigenvalue weighted by atomic mass is 9.99. The van der Waals surface area contributed by atoms with Crippen LogP contribution >= 0.6 is 0 Å². The molecule has 1 aliphatic rings. The van der Waals surface area contributed by atoms with Gasteiger partial charge in [0, 0.05) is 30.4 Å². The number of amides is 2. The summed E-state index contributed by atoms with van der Waals surface area (Å²) in [5, 5.41) is 14.4. The summed E-state index contributed by atoms with van der Waals surface area (Å²) < 4.78 is 10.5. The van der Waals surface area contributed by atoms with Crippen LogP contribution in [0.2, 0.25) is 0 Å². The Balaban J connectivity index is 1.37. The smallest absolute Gasteiger partial charge is 0.323 e. The number of carbonyl (C=O) groups excluding carboxylic acids is 1. The van der Waals surface area contributed by atoms with Crippen molar-refractivity contribution in [2.24, 2.45) is 5.92 Å². The van der Waals surface area contributed by atoms with Crippen molar-refractivity contribution in [2.75, 3.05) is 42.8 Å². The summed E-state index contributed by atoms with van der Waals surface area (Å²) in [6, 6.07) is 16.3. The van der Waals surface area contributed by atoms with Gasteiger partial charge in [0.1, 0.15) is 11.5 Å². The second-order valence-electron chi connectivity index (χ2n) is 8.17. The number of piperidine rings is 1. The monoisotopic (exact) mass is 447 g/mol. The molecule has 3 aromatic rings. The molecule has 8 nitrogen and oxygen atoms in total. The number of hydrogen-bond acceptors (Lipinski definition) is 6. The maximum Gasteiger partial charge on any atom is 0.323 e. The first-order valence-electron chi connectivity index (χ1n) is 11.0. The number of benzene rings is 2. The minimum absolute atomic E-state index is 0.369. The number of urea groups is 1. The Morgan fingerprint density at radius 3 is 2.33 bits per heavy atom. The minimum atomic E-state index is -0.369. The van der Waals surface area contributed by atoms with E-state index < -0.39 is 0 Å². The largest absolute Gasteiger partial charge is 0.497 e. The Hall–Kier alpha value is -3.81. The van der Waals surface area contributed by atoms with Crippen molar-refractivity contribution in [3.05, 3.63) is 54.6 Å². The van der Waals surface area contributed by atoms with E-state index in [9.17, 15) is 4.79 Å². The highest BCUT2D eigenvalue weighted by Gasteiger charge is 2.17. The molecule has 1 fully saturated rings. The van der Waals surface area contributed by atoms with Gasteiger partial charge >= 0.3 is 6.03 Å². The van der Waals surface area contributed by atoms with E-state index in [1.54, 1.807) is 32.4 Å². The maximum atomic E-state index is 12.4. The van der Waals surface area contributed by atoms with Crippen LogP contribution in [0.4, 0.5) is 22.0 Å². The number of carbonyl (C=O) groups is 1. The summed E-state index contributed by atoms with van der Waals surface area (Å²) in [4.78, 5) is 14.7. The Labute approximate surface area is 193 Å². The van der Waals surface area contributed by atoms with Gasteiger partial charge in [-0.25, -0.2) is 4.79 Å². The number of anilines is 3. The van der Waals surface area contributed by atoms with Crippen LogP contribution in [0.15, 0.2) is 54.6 Å². The lowest BCUT2D eigenvalue weighted by Gasteiger charge is -2.30. The molecule has 2 amide bonds. The number of hydrogen-bond donors (Lipinski definition) is 2. The van der Waals surface area contributed by atoms with Gasteiger partial charge in [-0.1, -0.05) is 19.1 Å². The molecule has 0 spiro atoms. The van der Waals surface area contributed by atoms with Crippen molar-refractivity contribution in [3.63, 3.8) is 0 Å². The molecule has 0 radical (unpaired) electrons. The predicted molar refractivity (Wildman–Crippen MR) is 130 cm³/mol. The van der Waals surface area contributed by atoms with Crippen molar-refractivity contribution in [3.8, 4) is 22.8 Å². The number of methoxy groups -OCH3 is 2. The molecule has 0 bridgehead atoms. The van der Waals surface area contributed by atoms with Crippen molar-refractivity contribution >= 4 is 23.2 Å². The van der Waals surface area contributed by atoms with E-state index in [0.29, 0.717) is 22.9 Å². The van der Waals surface area contributed by atoms with Crippen molar-refractivity contribution in [1.29, 1.82) is 0 Å². The molecule has 33 heavy (non-hydrogen) atoms. The SMILES string of the molecule is COc1ccc(NC(=O)Nc2ccc(-c3ccc(N4CCC(C)CC4)nn3)cc2)c(OC)c1. The molecule has 2 heterocycles. The van der Waals surface area contributed by atoms with E-state index in [1.165, 1.54) is 12.8 Å². The van der Waals surface area contributed by atoms with Gasteiger partial charge in [0.15, 0.2) is 5.82 Å². The molecule has 2 aromatic carbocycles. The molecule has 8 heteroatoms. The number of rotatable bonds is 6. The Bertz CT molecular complexity index is 1080. The van der Waals surface area contributed by atoms with Gasteiger partial charge in [0.05, 0.1) is 25.6 Å². The zero-order chi connectivity index (χ0) is 23.2. The van der Waals surface area contributed by atoms with Gasteiger partial charge in [-0.15, -0.1) is 10.2 Å². The van der Waals surface area contributed by atoms with Gasteiger partial charge < -0.3 is 25.0 Å². The summed E-state index contributed by atoms with van der Waals surface area (Å²) in [6.45, 7) is 4.35. The van der Waals surface area contributed by atoms with Gasteiger partial charge in [0.25, 0.3) is 0 Å². The highest BCUT2D eigenvalue weighted by Crippen LogP contribution is 2.29. The van der Waals surface area contributed by atoms with E-state index in [2.05, 4.69) is 32.7 Å². The molecule has 1 saturated heterocycles. The molecule has 172 valence electrons. The van der Waals surface area contributed by atoms with Crippen LogP contribution in [0.5, 0.6) is 11.5 Å². The predicted octanol–water partition coefficient (Wildman–Crippen LogP) is 5.04. The number of aromatic nitrogens is 2. The average Bonchev–Trinajstić information content (AvgIpc) is 2.85. The summed E-state index contributed by atoms with van der Waals surface area (Å²) in [5.41, 5.74) is 2.94. The molecule has 0 atom stereocenters. The van der Waals surface area contributed by atoms with E-state index in [0.717, 1.165) is 36.1 Å². The van der Waals surface area contributed by atoms with Crippen LogP contribution in [0.25, 0.3) is 11.3 Å². The second kappa shape index (κ2) is 10.2. The van der Waals surface area contributed by atoms with E-state index in [4.69, 9.17) is 9.47 Å². The number of nitrogens with one attached hydrogen (secondary N) is 2. The van der Waals surface area contributed by atoms with Crippen LogP contribution in [-0.2, 0) is 0 Å². The van der Waals surface area contributed by atoms with E-state index in [-0.39, 0.29) is 6.03 Å². The van der Waals surface area contributed by atoms with Gasteiger partial charge in [-0.05, 0) is 55.2 Å². The first kappa shape index (κ1) is 22.4. The summed E-state index contributed by atoms with van der Waals surface area (Å²) in [6.07, 6.45) is 2.38. The summed E-state index contributed by atoms with van der Waals surface area (Å²) >= 11 is 0. The topological polar surface area (TPSA) is 88.6 Å². The molecule has 1 aromatic heterocycles. The maximum absolute atomic E-state index is 12.4. The molecule has 2 N–H and O–H groups in total. The third-order valence-electron chi connectivity index (χ3n) is 5.85. The quantitative estimate of drug-likeness (QED) is 0.550. The highest BCUT2D eigenvalue weighted by atomic mass is 16.5. The van der Waals surface area contributed by atoms with Crippen LogP contribution in [0.1, 0.15) is 19.8 Å². The van der Waals surface area contributed by atoms with Crippen molar-refractivity contribution in [2.45, 2.75) is 19.8 Å². The standard InChI is InChI=1S/C25H29N5O3/c1-17-12-14-30(15-13-17)24-11-10-21(28-29-24)18-4-6-19(7-5-18)26-25(31)27-22-9-8-20(32-2)16-23(22)33-3/h4-11,16-17H,12-15H2,1-3H3,(H2,26,27,31). The number of ether oxygens (including phenoxy) is 2. The van der Waals surface area contributed by atoms with Crippen LogP contribution in [0, 0.1) is 5.92 Å². The van der Waals surface area contributed by atoms with E-state index in [1.807, 2.05) is 36.4 Å². The second-order valence-corrected chi connectivity index (χ2v) is 8.17. The van der Waals surface area contributed by atoms with Crippen LogP contribution in [-0.4, -0.2) is 43.5 Å². The van der Waals surface area contributed by atoms with Gasteiger partial charge in [-0.3, -0.25) is 0 Å². The fourth-order valence-corrected chi connectivity index (χ4v) is 3.80. The Morgan fingerprint density at radius 1 is 0.939 bits per heavy atom. The number of nitrogens with zero attached hydrogens (tertiary/aromatic N) is 3. The lowest BCUT2D eigenvalue weighted by Crippen LogP contribution is -2.33. The third-order valence-corrected chi connectivity index (χ3v) is 5.85. The lowest BCUT2D eigenvalue weighted by molar-refractivity contribution is 0.262. The van der Waals surface area contributed by atoms with Crippen molar-refractivity contribution in [1.82, 2.24) is 10.2 Å². The Kier molecular flexibility index (Phi) is 6.92. The first-order valence-corrected chi connectivity index (χ1v) is 11.0. The summed E-state index contributed by atoms with van der Waals surface area (Å²) in [5.74, 6) is 2.87. The molecular formula is C25H29N5O3. The highest BCUT2D eigenvalue weighted by molar-refractivity contribution is 6.00. The molecular weight excluding hydrogens is 418 g/mol. The summed E-state index contributed by atoms with van der Waals surface area (Å²) in [7, 11) is 3.12. The molecule has 1 aliphatic heterocycles. The minimum Gasteiger partial charge on any atom is -0.497 e. The average molecular weight is 448 g/mol. The molecule has 4 rings (SSSR count). The normalized spacial score (nSPS) is 14.0. The van der Waals surface area contributed by atoms with Gasteiger partial charge in [0.2, 0.25) is 0 Å². The van der Waals surface area contributed by atoms with Gasteiger partial charge in [-0.2, -0.15) is 0 Å². The molecule has 0 unspecified atom stereocenters. The van der Waals surface area contributed by atoms with E-state index >= 15 is 0 Å². The zero-order valence-electron chi connectivity index (χ0n) is 19.2.